The Balaban J connectivity index is 2.75. The van der Waals surface area contributed by atoms with Crippen molar-refractivity contribution < 1.29 is 0 Å². The van der Waals surface area contributed by atoms with Crippen molar-refractivity contribution in [2.45, 2.75) is 26.2 Å². The molecule has 4 nitrogen and oxygen atoms in total. The van der Waals surface area contributed by atoms with E-state index in [0.29, 0.717) is 0 Å². The summed E-state index contributed by atoms with van der Waals surface area (Å²) in [6.45, 7) is 6.35. The zero-order chi connectivity index (χ0) is 9.47. The first-order chi connectivity index (χ1) is 6.09. The predicted octanol–water partition coefficient (Wildman–Crippen LogP) is 1.42. The van der Waals surface area contributed by atoms with Gasteiger partial charge in [0.05, 0.1) is 5.69 Å². The molecule has 0 aliphatic rings. The van der Waals surface area contributed by atoms with Gasteiger partial charge in [-0.25, -0.2) is 9.50 Å². The summed E-state index contributed by atoms with van der Waals surface area (Å²) < 4.78 is 1.74. The third-order valence-electron chi connectivity index (χ3n) is 1.91. The molecule has 2 aromatic rings. The maximum absolute atomic E-state index is 4.33. The zero-order valence-corrected chi connectivity index (χ0v) is 8.02. The van der Waals surface area contributed by atoms with E-state index in [9.17, 15) is 0 Å². The van der Waals surface area contributed by atoms with Gasteiger partial charge in [-0.3, -0.25) is 4.98 Å². The van der Waals surface area contributed by atoms with Gasteiger partial charge in [-0.1, -0.05) is 20.8 Å². The molecule has 0 bridgehead atoms. The summed E-state index contributed by atoms with van der Waals surface area (Å²) in [5.41, 5.74) is 1.83. The lowest BCUT2D eigenvalue weighted by atomic mass is 9.92. The molecule has 0 saturated heterocycles. The molecule has 0 fully saturated rings. The molecule has 0 spiro atoms. The molecule has 0 aliphatic carbocycles. The standard InChI is InChI=1S/C9H12N4/c1-9(2,3)7-8-11-6-12-13(8)5-4-10-7/h4-6H,1-3H3. The highest BCUT2D eigenvalue weighted by Gasteiger charge is 2.19. The van der Waals surface area contributed by atoms with Gasteiger partial charge in [0.2, 0.25) is 0 Å². The van der Waals surface area contributed by atoms with Crippen LogP contribution in [0.15, 0.2) is 18.7 Å². The summed E-state index contributed by atoms with van der Waals surface area (Å²) in [5.74, 6) is 0. The van der Waals surface area contributed by atoms with E-state index in [1.165, 1.54) is 0 Å². The van der Waals surface area contributed by atoms with E-state index in [4.69, 9.17) is 0 Å². The van der Waals surface area contributed by atoms with E-state index in [1.54, 1.807) is 23.2 Å². The molecule has 13 heavy (non-hydrogen) atoms. The lowest BCUT2D eigenvalue weighted by molar-refractivity contribution is 0.569. The maximum Gasteiger partial charge on any atom is 0.177 e. The van der Waals surface area contributed by atoms with E-state index in [2.05, 4.69) is 35.8 Å². The number of fused-ring (bicyclic) bond motifs is 1. The molecular formula is C9H12N4. The van der Waals surface area contributed by atoms with Crippen LogP contribution in [0.2, 0.25) is 0 Å². The molecule has 0 amide bonds. The Kier molecular flexibility index (Phi) is 1.58. The van der Waals surface area contributed by atoms with Crippen molar-refractivity contribution in [3.05, 3.63) is 24.4 Å². The molecular weight excluding hydrogens is 164 g/mol. The predicted molar refractivity (Wildman–Crippen MR) is 49.5 cm³/mol. The van der Waals surface area contributed by atoms with Crippen LogP contribution in [0.25, 0.3) is 5.65 Å². The molecule has 0 aromatic carbocycles. The number of nitrogens with zero attached hydrogens (tertiary/aromatic N) is 4. The molecule has 68 valence electrons. The maximum atomic E-state index is 4.33. The molecule has 0 aliphatic heterocycles. The van der Waals surface area contributed by atoms with E-state index in [0.717, 1.165) is 11.3 Å². The quantitative estimate of drug-likeness (QED) is 0.609. The van der Waals surface area contributed by atoms with Crippen LogP contribution < -0.4 is 0 Å². The van der Waals surface area contributed by atoms with Crippen molar-refractivity contribution >= 4 is 5.65 Å². The van der Waals surface area contributed by atoms with E-state index in [-0.39, 0.29) is 5.41 Å². The number of rotatable bonds is 0. The summed E-state index contributed by atoms with van der Waals surface area (Å²) in [7, 11) is 0. The van der Waals surface area contributed by atoms with Gasteiger partial charge in [0.1, 0.15) is 6.33 Å². The molecule has 0 radical (unpaired) electrons. The summed E-state index contributed by atoms with van der Waals surface area (Å²) in [4.78, 5) is 8.50. The van der Waals surface area contributed by atoms with Gasteiger partial charge in [-0.2, -0.15) is 5.10 Å². The van der Waals surface area contributed by atoms with Gasteiger partial charge in [-0.05, 0) is 0 Å². The van der Waals surface area contributed by atoms with Crippen molar-refractivity contribution in [3.63, 3.8) is 0 Å². The Morgan fingerprint density at radius 1 is 1.23 bits per heavy atom. The minimum absolute atomic E-state index is 0.00947. The molecule has 2 heterocycles. The number of aromatic nitrogens is 4. The van der Waals surface area contributed by atoms with Crippen LogP contribution in [0.1, 0.15) is 26.5 Å². The average Bonchev–Trinajstić information content (AvgIpc) is 2.48. The van der Waals surface area contributed by atoms with Gasteiger partial charge in [-0.15, -0.1) is 0 Å². The van der Waals surface area contributed by atoms with Gasteiger partial charge < -0.3 is 0 Å². The monoisotopic (exact) mass is 176 g/mol. The van der Waals surface area contributed by atoms with Gasteiger partial charge in [0.25, 0.3) is 0 Å². The second kappa shape index (κ2) is 2.52. The first-order valence-electron chi connectivity index (χ1n) is 4.24. The zero-order valence-electron chi connectivity index (χ0n) is 8.02. The van der Waals surface area contributed by atoms with Crippen LogP contribution in [0.3, 0.4) is 0 Å². The van der Waals surface area contributed by atoms with Crippen LogP contribution in [0, 0.1) is 0 Å². The highest BCUT2D eigenvalue weighted by atomic mass is 15.3. The van der Waals surface area contributed by atoms with Crippen LogP contribution in [0.4, 0.5) is 0 Å². The van der Waals surface area contributed by atoms with Gasteiger partial charge >= 0.3 is 0 Å². The Morgan fingerprint density at radius 3 is 2.69 bits per heavy atom. The van der Waals surface area contributed by atoms with Crippen LogP contribution >= 0.6 is 0 Å². The normalized spacial score (nSPS) is 12.2. The van der Waals surface area contributed by atoms with Crippen molar-refractivity contribution in [2.24, 2.45) is 0 Å². The van der Waals surface area contributed by atoms with Crippen molar-refractivity contribution in [1.82, 2.24) is 19.6 Å². The number of hydrogen-bond donors (Lipinski definition) is 0. The fraction of sp³-hybridized carbons (Fsp3) is 0.444. The third-order valence-corrected chi connectivity index (χ3v) is 1.91. The average molecular weight is 176 g/mol. The van der Waals surface area contributed by atoms with Crippen molar-refractivity contribution in [2.75, 3.05) is 0 Å². The van der Waals surface area contributed by atoms with E-state index in [1.807, 2.05) is 0 Å². The Bertz CT molecular complexity index is 424. The summed E-state index contributed by atoms with van der Waals surface area (Å²) >= 11 is 0. The summed E-state index contributed by atoms with van der Waals surface area (Å²) in [5, 5.41) is 4.06. The highest BCUT2D eigenvalue weighted by Crippen LogP contribution is 2.22. The van der Waals surface area contributed by atoms with E-state index < -0.39 is 0 Å². The topological polar surface area (TPSA) is 43.1 Å². The van der Waals surface area contributed by atoms with Gasteiger partial charge in [0, 0.05) is 17.8 Å². The molecule has 0 saturated carbocycles. The largest absolute Gasteiger partial charge is 0.255 e. The third kappa shape index (κ3) is 1.28. The SMILES string of the molecule is CC(C)(C)c1nccn2ncnc12. The first kappa shape index (κ1) is 8.16. The lowest BCUT2D eigenvalue weighted by Gasteiger charge is -2.17. The van der Waals surface area contributed by atoms with Crippen LogP contribution in [0.5, 0.6) is 0 Å². The van der Waals surface area contributed by atoms with Crippen LogP contribution in [-0.4, -0.2) is 19.6 Å². The Labute approximate surface area is 76.6 Å². The lowest BCUT2D eigenvalue weighted by Crippen LogP contribution is -2.15. The summed E-state index contributed by atoms with van der Waals surface area (Å²) in [6.07, 6.45) is 5.10. The second-order valence-electron chi connectivity index (χ2n) is 4.05. The minimum Gasteiger partial charge on any atom is -0.255 e. The fourth-order valence-electron chi connectivity index (χ4n) is 1.29. The molecule has 4 heteroatoms. The minimum atomic E-state index is 0.00947. The molecule has 2 aromatic heterocycles. The summed E-state index contributed by atoms with van der Waals surface area (Å²) in [6, 6.07) is 0. The Hall–Kier alpha value is -1.45. The van der Waals surface area contributed by atoms with E-state index >= 15 is 0 Å². The second-order valence-corrected chi connectivity index (χ2v) is 4.05. The van der Waals surface area contributed by atoms with Crippen molar-refractivity contribution in [3.8, 4) is 0 Å². The van der Waals surface area contributed by atoms with Crippen LogP contribution in [-0.2, 0) is 5.41 Å². The highest BCUT2D eigenvalue weighted by molar-refractivity contribution is 5.45. The number of hydrogen-bond acceptors (Lipinski definition) is 3. The van der Waals surface area contributed by atoms with Crippen molar-refractivity contribution in [1.29, 1.82) is 0 Å². The molecule has 0 atom stereocenters. The smallest absolute Gasteiger partial charge is 0.177 e. The molecule has 2 rings (SSSR count). The molecule has 0 unspecified atom stereocenters. The van der Waals surface area contributed by atoms with Gasteiger partial charge in [0.15, 0.2) is 5.65 Å². The molecule has 0 N–H and O–H groups in total. The Morgan fingerprint density at radius 2 is 2.00 bits per heavy atom. The first-order valence-corrected chi connectivity index (χ1v) is 4.24. The fourth-order valence-corrected chi connectivity index (χ4v) is 1.29.